The van der Waals surface area contributed by atoms with E-state index >= 15 is 0 Å². The molecule has 0 atom stereocenters. The van der Waals surface area contributed by atoms with Gasteiger partial charge >= 0.3 is 6.03 Å². The average Bonchev–Trinajstić information content (AvgIpc) is 2.69. The highest BCUT2D eigenvalue weighted by molar-refractivity contribution is 9.11. The lowest BCUT2D eigenvalue weighted by molar-refractivity contribution is 0.252. The summed E-state index contributed by atoms with van der Waals surface area (Å²) in [6.07, 6.45) is 1.57. The topological polar surface area (TPSA) is 62.7 Å². The van der Waals surface area contributed by atoms with Crippen LogP contribution in [0.1, 0.15) is 22.3 Å². The Morgan fingerprint density at radius 3 is 2.47 bits per heavy atom. The van der Waals surface area contributed by atoms with Crippen molar-refractivity contribution >= 4 is 49.8 Å². The van der Waals surface area contributed by atoms with Gasteiger partial charge in [-0.2, -0.15) is 5.10 Å². The Kier molecular flexibility index (Phi) is 7.65. The summed E-state index contributed by atoms with van der Waals surface area (Å²) in [4.78, 5) is 12.0. The van der Waals surface area contributed by atoms with Crippen molar-refractivity contribution in [3.8, 4) is 5.75 Å². The smallest absolute Gasteiger partial charge is 0.339 e. The van der Waals surface area contributed by atoms with E-state index in [2.05, 4.69) is 66.8 Å². The van der Waals surface area contributed by atoms with Gasteiger partial charge in [0, 0.05) is 5.69 Å². The number of benzene rings is 3. The Balaban J connectivity index is 1.60. The molecule has 0 spiro atoms. The zero-order chi connectivity index (χ0) is 21.5. The van der Waals surface area contributed by atoms with Crippen LogP contribution in [0.2, 0.25) is 0 Å². The van der Waals surface area contributed by atoms with Crippen LogP contribution < -0.4 is 15.5 Å². The van der Waals surface area contributed by atoms with Gasteiger partial charge in [-0.05, 0) is 80.6 Å². The molecule has 3 aromatic carbocycles. The second-order valence-corrected chi connectivity index (χ2v) is 8.44. The summed E-state index contributed by atoms with van der Waals surface area (Å²) >= 11 is 7.09. The Morgan fingerprint density at radius 2 is 1.77 bits per heavy atom. The van der Waals surface area contributed by atoms with Crippen molar-refractivity contribution in [2.75, 3.05) is 5.32 Å². The summed E-state index contributed by atoms with van der Waals surface area (Å²) in [5.41, 5.74) is 7.28. The number of hydrogen-bond acceptors (Lipinski definition) is 3. The number of urea groups is 1. The third-order valence-electron chi connectivity index (χ3n) is 4.26. The maximum atomic E-state index is 12.0. The molecule has 0 aliphatic heterocycles. The molecule has 30 heavy (non-hydrogen) atoms. The molecule has 0 bridgehead atoms. The van der Waals surface area contributed by atoms with Gasteiger partial charge in [0.2, 0.25) is 0 Å². The van der Waals surface area contributed by atoms with E-state index in [0.717, 1.165) is 31.3 Å². The molecule has 154 valence electrons. The lowest BCUT2D eigenvalue weighted by Gasteiger charge is -2.12. The molecular formula is C23H21Br2N3O2. The van der Waals surface area contributed by atoms with Crippen molar-refractivity contribution in [1.29, 1.82) is 0 Å². The third-order valence-corrected chi connectivity index (χ3v) is 5.44. The molecule has 0 fully saturated rings. The summed E-state index contributed by atoms with van der Waals surface area (Å²) in [5, 5.41) is 6.78. The first-order chi connectivity index (χ1) is 14.4. The molecule has 0 saturated heterocycles. The maximum Gasteiger partial charge on any atom is 0.339 e. The van der Waals surface area contributed by atoms with Gasteiger partial charge in [0.05, 0.1) is 15.2 Å². The number of hydrogen-bond donors (Lipinski definition) is 2. The van der Waals surface area contributed by atoms with Crippen molar-refractivity contribution in [3.05, 3.63) is 91.9 Å². The number of nitrogens with zero attached hydrogens (tertiary/aromatic N) is 1. The fourth-order valence-electron chi connectivity index (χ4n) is 2.78. The van der Waals surface area contributed by atoms with E-state index in [1.807, 2.05) is 55.5 Å². The molecule has 7 heteroatoms. The van der Waals surface area contributed by atoms with Crippen molar-refractivity contribution in [1.82, 2.24) is 5.43 Å². The summed E-state index contributed by atoms with van der Waals surface area (Å²) in [6, 6.07) is 19.1. The van der Waals surface area contributed by atoms with Gasteiger partial charge in [-0.1, -0.05) is 48.0 Å². The average molecular weight is 531 g/mol. The number of anilines is 1. The second-order valence-electron chi connectivity index (χ2n) is 6.73. The van der Waals surface area contributed by atoms with Crippen LogP contribution in [0, 0.1) is 13.8 Å². The number of aryl methyl sites for hydroxylation is 2. The molecule has 0 unspecified atom stereocenters. The number of amides is 2. The zero-order valence-electron chi connectivity index (χ0n) is 16.6. The van der Waals surface area contributed by atoms with Crippen LogP contribution >= 0.6 is 31.9 Å². The molecular weight excluding hydrogens is 510 g/mol. The van der Waals surface area contributed by atoms with Gasteiger partial charge in [0.25, 0.3) is 0 Å². The van der Waals surface area contributed by atoms with Gasteiger partial charge < -0.3 is 10.1 Å². The van der Waals surface area contributed by atoms with Gasteiger partial charge in [-0.15, -0.1) is 0 Å². The SMILES string of the molecule is Cc1cccc(COc2c(Br)cc(C=NNC(=O)Nc3ccccc3C)cc2Br)c1. The number of carbonyl (C=O) groups is 1. The number of hydrazone groups is 1. The fourth-order valence-corrected chi connectivity index (χ4v) is 4.23. The summed E-state index contributed by atoms with van der Waals surface area (Å²) in [5.74, 6) is 0.707. The standard InChI is InChI=1S/C23H21Br2N3O2/c1-15-6-5-8-17(10-15)14-30-22-19(24)11-18(12-20(22)25)13-26-28-23(29)27-21-9-4-3-7-16(21)2/h3-13H,14H2,1-2H3,(H2,27,28,29). The van der Waals surface area contributed by atoms with Crippen molar-refractivity contribution in [3.63, 3.8) is 0 Å². The number of carbonyl (C=O) groups excluding carboxylic acids is 1. The van der Waals surface area contributed by atoms with Gasteiger partial charge in [0.1, 0.15) is 12.4 Å². The van der Waals surface area contributed by atoms with E-state index in [1.54, 1.807) is 6.21 Å². The summed E-state index contributed by atoms with van der Waals surface area (Å²) in [7, 11) is 0. The highest BCUT2D eigenvalue weighted by Gasteiger charge is 2.09. The Hall–Kier alpha value is -2.64. The van der Waals surface area contributed by atoms with Crippen LogP contribution in [-0.2, 0) is 6.61 Å². The molecule has 0 aliphatic carbocycles. The highest BCUT2D eigenvalue weighted by Crippen LogP contribution is 2.35. The van der Waals surface area contributed by atoms with E-state index in [1.165, 1.54) is 5.56 Å². The molecule has 0 saturated carbocycles. The van der Waals surface area contributed by atoms with Crippen molar-refractivity contribution in [2.24, 2.45) is 5.10 Å². The van der Waals surface area contributed by atoms with Crippen LogP contribution in [-0.4, -0.2) is 12.2 Å². The molecule has 2 amide bonds. The Bertz CT molecular complexity index is 1060. The van der Waals surface area contributed by atoms with Gasteiger partial charge in [-0.3, -0.25) is 0 Å². The van der Waals surface area contributed by atoms with Crippen LogP contribution in [0.5, 0.6) is 5.75 Å². The molecule has 2 N–H and O–H groups in total. The quantitative estimate of drug-likeness (QED) is 0.280. The molecule has 5 nitrogen and oxygen atoms in total. The second kappa shape index (κ2) is 10.4. The largest absolute Gasteiger partial charge is 0.487 e. The number of halogens is 2. The molecule has 0 aromatic heterocycles. The summed E-state index contributed by atoms with van der Waals surface area (Å²) in [6.45, 7) is 4.45. The van der Waals surface area contributed by atoms with Crippen molar-refractivity contribution < 1.29 is 9.53 Å². The minimum Gasteiger partial charge on any atom is -0.487 e. The lowest BCUT2D eigenvalue weighted by atomic mass is 10.1. The van der Waals surface area contributed by atoms with E-state index in [4.69, 9.17) is 4.74 Å². The maximum absolute atomic E-state index is 12.0. The number of rotatable bonds is 6. The van der Waals surface area contributed by atoms with Crippen molar-refractivity contribution in [2.45, 2.75) is 20.5 Å². The fraction of sp³-hybridized carbons (Fsp3) is 0.130. The first-order valence-corrected chi connectivity index (χ1v) is 10.8. The minimum absolute atomic E-state index is 0.406. The van der Waals surface area contributed by atoms with E-state index < -0.39 is 6.03 Å². The minimum atomic E-state index is -0.406. The lowest BCUT2D eigenvalue weighted by Crippen LogP contribution is -2.24. The van der Waals surface area contributed by atoms with E-state index in [9.17, 15) is 4.79 Å². The first-order valence-electron chi connectivity index (χ1n) is 9.25. The number of nitrogens with one attached hydrogen (secondary N) is 2. The van der Waals surface area contributed by atoms with Crippen LogP contribution in [0.15, 0.2) is 74.7 Å². The molecule has 0 radical (unpaired) electrons. The van der Waals surface area contributed by atoms with Crippen LogP contribution in [0.4, 0.5) is 10.5 Å². The molecule has 3 rings (SSSR count). The predicted octanol–water partition coefficient (Wildman–Crippen LogP) is 6.56. The summed E-state index contributed by atoms with van der Waals surface area (Å²) < 4.78 is 7.54. The monoisotopic (exact) mass is 529 g/mol. The van der Waals surface area contributed by atoms with Crippen LogP contribution in [0.3, 0.4) is 0 Å². The Morgan fingerprint density at radius 1 is 1.03 bits per heavy atom. The number of ether oxygens (including phenoxy) is 1. The number of para-hydroxylation sites is 1. The molecule has 0 aliphatic rings. The zero-order valence-corrected chi connectivity index (χ0v) is 19.7. The normalized spacial score (nSPS) is 10.8. The van der Waals surface area contributed by atoms with Gasteiger partial charge in [0.15, 0.2) is 0 Å². The molecule has 0 heterocycles. The third kappa shape index (κ3) is 6.18. The highest BCUT2D eigenvalue weighted by atomic mass is 79.9. The van der Waals surface area contributed by atoms with Gasteiger partial charge in [-0.25, -0.2) is 10.2 Å². The van der Waals surface area contributed by atoms with E-state index in [0.29, 0.717) is 12.4 Å². The van der Waals surface area contributed by atoms with Crippen LogP contribution in [0.25, 0.3) is 0 Å². The first kappa shape index (κ1) is 22.1. The Labute approximate surface area is 192 Å². The molecule has 3 aromatic rings. The van der Waals surface area contributed by atoms with E-state index in [-0.39, 0.29) is 0 Å². The predicted molar refractivity (Wildman–Crippen MR) is 128 cm³/mol.